The Hall–Kier alpha value is -1.70. The summed E-state index contributed by atoms with van der Waals surface area (Å²) in [5.74, 6) is -1.69. The zero-order valence-corrected chi connectivity index (χ0v) is 32.8. The minimum atomic E-state index is -1.17. The third kappa shape index (κ3) is 13.3. The second-order valence-electron chi connectivity index (χ2n) is 15.8. The maximum Gasteiger partial charge on any atom is 0.308 e. The molecule has 12 atom stereocenters. The normalized spacial score (nSPS) is 38.6. The van der Waals surface area contributed by atoms with Crippen molar-refractivity contribution < 1.29 is 39.1 Å². The number of aliphatic hydroxyl groups is 3. The van der Waals surface area contributed by atoms with E-state index in [-0.39, 0.29) is 30.0 Å². The predicted molar refractivity (Wildman–Crippen MR) is 200 cm³/mol. The Bertz CT molecular complexity index is 1110. The molecule has 0 aliphatic carbocycles. The number of hydrogen-bond donors (Lipinski definition) is 4. The molecule has 11 nitrogen and oxygen atoms in total. The predicted octanol–water partition coefficient (Wildman–Crippen LogP) is 4.09. The first kappa shape index (κ1) is 43.7. The highest BCUT2D eigenvalue weighted by Gasteiger charge is 2.47. The number of rotatable bonds is 12. The highest BCUT2D eigenvalue weighted by molar-refractivity contribution is 5.91. The molecule has 11 heteroatoms. The van der Waals surface area contributed by atoms with Crippen molar-refractivity contribution in [1.82, 2.24) is 15.1 Å². The Morgan fingerprint density at radius 2 is 1.73 bits per heavy atom. The van der Waals surface area contributed by atoms with Gasteiger partial charge in [0, 0.05) is 24.3 Å². The van der Waals surface area contributed by atoms with Crippen LogP contribution in [-0.4, -0.2) is 133 Å². The van der Waals surface area contributed by atoms with Crippen LogP contribution in [0.4, 0.5) is 0 Å². The van der Waals surface area contributed by atoms with Crippen LogP contribution in [-0.2, 0) is 23.8 Å². The van der Waals surface area contributed by atoms with Gasteiger partial charge in [-0.2, -0.15) is 0 Å². The van der Waals surface area contributed by atoms with Gasteiger partial charge in [-0.1, -0.05) is 58.3 Å². The lowest BCUT2D eigenvalue weighted by Gasteiger charge is -2.47. The summed E-state index contributed by atoms with van der Waals surface area (Å²) in [6, 6.07) is -0.635. The van der Waals surface area contributed by atoms with Gasteiger partial charge in [0.25, 0.3) is 0 Å². The van der Waals surface area contributed by atoms with Crippen LogP contribution in [0, 0.1) is 23.7 Å². The number of ketones is 1. The largest absolute Gasteiger partial charge is 0.462 e. The lowest BCUT2D eigenvalue weighted by molar-refractivity contribution is -0.304. The first-order chi connectivity index (χ1) is 24.3. The molecule has 3 rings (SSSR count). The SMILES string of the molecule is CCCCNC[C@H]1/C=C(C)\C=C/C(=O)[C@H](C)C[C@H](CCN2CCCCC2)[C@H](O[C@@H]2O[C@H](C)[C@@H](O)[C@H](N(C)C)[C@H]2O)[C@@H](C)[C@H](O)CC(=O)O[C@@H]1CC. The molecule has 2 saturated heterocycles. The topological polar surface area (TPSA) is 141 Å². The standard InChI is InChI=1S/C40H71N3O8/c1-9-11-18-41-25-31-22-26(3)15-16-32(44)27(4)23-30(17-21-43-19-13-12-14-20-43)39(28(5)33(45)24-35(46)50-34(31)10-2)51-40-38(48)36(42(7)8)37(47)29(6)49-40/h15-16,22,27-31,33-34,36-41,45,47-48H,9-14,17-21,23-25H2,1-8H3/b16-15-,26-22-/t27-,28+,29-,30+,31-,33-,34-,36+,37-,38-,39-,40+/m1/s1. The maximum absolute atomic E-state index is 13.7. The molecule has 0 aromatic rings. The molecule has 0 unspecified atom stereocenters. The van der Waals surface area contributed by atoms with E-state index in [1.54, 1.807) is 32.0 Å². The number of cyclic esters (lactones) is 1. The monoisotopic (exact) mass is 722 g/mol. The number of likely N-dealkylation sites (tertiary alicyclic amines) is 1. The van der Waals surface area contributed by atoms with Crippen molar-refractivity contribution in [3.05, 3.63) is 23.8 Å². The van der Waals surface area contributed by atoms with Gasteiger partial charge >= 0.3 is 5.97 Å². The Kier molecular flexibility index (Phi) is 18.7. The number of unbranched alkanes of at least 4 members (excludes halogenated alkanes) is 1. The van der Waals surface area contributed by atoms with Crippen LogP contribution in [0.15, 0.2) is 23.8 Å². The molecule has 3 heterocycles. The van der Waals surface area contributed by atoms with Gasteiger partial charge in [0.2, 0.25) is 0 Å². The highest BCUT2D eigenvalue weighted by atomic mass is 16.7. The van der Waals surface area contributed by atoms with Gasteiger partial charge in [-0.3, -0.25) is 9.59 Å². The number of allylic oxidation sites excluding steroid dienone is 3. The van der Waals surface area contributed by atoms with Crippen LogP contribution in [0.2, 0.25) is 0 Å². The third-order valence-electron chi connectivity index (χ3n) is 11.3. The van der Waals surface area contributed by atoms with Crippen LogP contribution in [0.3, 0.4) is 0 Å². The van der Waals surface area contributed by atoms with Gasteiger partial charge in [-0.25, -0.2) is 0 Å². The van der Waals surface area contributed by atoms with Crippen molar-refractivity contribution in [3.63, 3.8) is 0 Å². The molecular weight excluding hydrogens is 650 g/mol. The van der Waals surface area contributed by atoms with E-state index in [0.29, 0.717) is 25.8 Å². The molecule has 0 radical (unpaired) electrons. The van der Waals surface area contributed by atoms with Crippen molar-refractivity contribution >= 4 is 11.8 Å². The van der Waals surface area contributed by atoms with Crippen molar-refractivity contribution in [3.8, 4) is 0 Å². The minimum absolute atomic E-state index is 0.0132. The summed E-state index contributed by atoms with van der Waals surface area (Å²) in [5.41, 5.74) is 0.922. The number of nitrogens with zero attached hydrogens (tertiary/aromatic N) is 2. The van der Waals surface area contributed by atoms with Gasteiger partial charge in [-0.05, 0) is 105 Å². The van der Waals surface area contributed by atoms with E-state index in [2.05, 4.69) is 23.2 Å². The van der Waals surface area contributed by atoms with Gasteiger partial charge in [0.05, 0.1) is 36.9 Å². The number of piperidine rings is 1. The lowest BCUT2D eigenvalue weighted by Crippen LogP contribution is -2.63. The van der Waals surface area contributed by atoms with E-state index in [0.717, 1.165) is 57.4 Å². The zero-order chi connectivity index (χ0) is 37.7. The molecular formula is C40H71N3O8. The molecule has 0 amide bonds. The molecule has 0 saturated carbocycles. The minimum Gasteiger partial charge on any atom is -0.462 e. The summed E-state index contributed by atoms with van der Waals surface area (Å²) in [5, 5.41) is 37.6. The van der Waals surface area contributed by atoms with Gasteiger partial charge in [0.1, 0.15) is 12.2 Å². The fourth-order valence-electron chi connectivity index (χ4n) is 7.98. The molecule has 3 aliphatic heterocycles. The summed E-state index contributed by atoms with van der Waals surface area (Å²) in [7, 11) is 3.59. The molecule has 51 heavy (non-hydrogen) atoms. The molecule has 3 aliphatic rings. The van der Waals surface area contributed by atoms with E-state index in [9.17, 15) is 24.9 Å². The smallest absolute Gasteiger partial charge is 0.308 e. The number of nitrogens with one attached hydrogen (secondary N) is 1. The fraction of sp³-hybridized carbons (Fsp3) is 0.850. The second kappa shape index (κ2) is 21.9. The van der Waals surface area contributed by atoms with E-state index in [1.807, 2.05) is 33.8 Å². The van der Waals surface area contributed by atoms with E-state index in [4.69, 9.17) is 14.2 Å². The van der Waals surface area contributed by atoms with Crippen molar-refractivity contribution in [2.75, 3.05) is 46.8 Å². The molecule has 0 spiro atoms. The van der Waals surface area contributed by atoms with Gasteiger partial charge < -0.3 is 44.6 Å². The van der Waals surface area contributed by atoms with Crippen LogP contribution in [0.1, 0.15) is 99.3 Å². The Morgan fingerprint density at radius 1 is 1.02 bits per heavy atom. The van der Waals surface area contributed by atoms with Gasteiger partial charge in [-0.15, -0.1) is 0 Å². The van der Waals surface area contributed by atoms with Gasteiger partial charge in [0.15, 0.2) is 12.1 Å². The number of carbonyl (C=O) groups is 2. The van der Waals surface area contributed by atoms with Crippen molar-refractivity contribution in [1.29, 1.82) is 0 Å². The highest BCUT2D eigenvalue weighted by Crippen LogP contribution is 2.35. The summed E-state index contributed by atoms with van der Waals surface area (Å²) >= 11 is 0. The van der Waals surface area contributed by atoms with Crippen LogP contribution in [0.5, 0.6) is 0 Å². The first-order valence-corrected chi connectivity index (χ1v) is 19.8. The van der Waals surface area contributed by atoms with Crippen LogP contribution < -0.4 is 5.32 Å². The molecule has 294 valence electrons. The lowest BCUT2D eigenvalue weighted by atomic mass is 9.79. The number of carbonyl (C=O) groups excluding carboxylic acids is 2. The Balaban J connectivity index is 2.01. The van der Waals surface area contributed by atoms with E-state index < -0.39 is 60.8 Å². The summed E-state index contributed by atoms with van der Waals surface area (Å²) in [4.78, 5) is 31.4. The second-order valence-corrected chi connectivity index (χ2v) is 15.8. The molecule has 0 aromatic carbocycles. The first-order valence-electron chi connectivity index (χ1n) is 19.8. The number of hydrogen-bond acceptors (Lipinski definition) is 11. The molecule has 2 fully saturated rings. The Labute approximate surface area is 308 Å². The molecule has 4 N–H and O–H groups in total. The van der Waals surface area contributed by atoms with Crippen LogP contribution >= 0.6 is 0 Å². The number of ether oxygens (including phenoxy) is 3. The van der Waals surface area contributed by atoms with E-state index in [1.165, 1.54) is 6.42 Å². The third-order valence-corrected chi connectivity index (χ3v) is 11.3. The fourth-order valence-corrected chi connectivity index (χ4v) is 7.98. The average molecular weight is 722 g/mol. The van der Waals surface area contributed by atoms with Crippen LogP contribution in [0.25, 0.3) is 0 Å². The van der Waals surface area contributed by atoms with E-state index >= 15 is 0 Å². The summed E-state index contributed by atoms with van der Waals surface area (Å²) in [6.07, 6.45) is 6.82. The number of likely N-dealkylation sites (N-methyl/N-ethyl adjacent to an activating group) is 1. The summed E-state index contributed by atoms with van der Waals surface area (Å²) in [6.45, 7) is 16.0. The number of esters is 1. The quantitative estimate of drug-likeness (QED) is 0.171. The maximum atomic E-state index is 13.7. The molecule has 0 aromatic heterocycles. The zero-order valence-electron chi connectivity index (χ0n) is 32.8. The Morgan fingerprint density at radius 3 is 2.37 bits per heavy atom. The summed E-state index contributed by atoms with van der Waals surface area (Å²) < 4.78 is 18.9. The van der Waals surface area contributed by atoms with Crippen molar-refractivity contribution in [2.24, 2.45) is 23.7 Å². The molecule has 0 bridgehead atoms. The number of aliphatic hydroxyl groups excluding tert-OH is 3. The average Bonchev–Trinajstić information content (AvgIpc) is 3.09. The van der Waals surface area contributed by atoms with Crippen molar-refractivity contribution in [2.45, 2.75) is 148 Å².